The van der Waals surface area contributed by atoms with Crippen molar-refractivity contribution < 1.29 is 4.79 Å². The van der Waals surface area contributed by atoms with Crippen LogP contribution in [0.5, 0.6) is 0 Å². The molecule has 0 radical (unpaired) electrons. The van der Waals surface area contributed by atoms with Gasteiger partial charge < -0.3 is 0 Å². The smallest absolute Gasteiger partial charge is 0.244 e. The number of hydrogen-bond acceptors (Lipinski definition) is 2. The molecule has 0 unspecified atom stereocenters. The zero-order valence-corrected chi connectivity index (χ0v) is 14.2. The minimum atomic E-state index is -0.126. The van der Waals surface area contributed by atoms with E-state index in [1.165, 1.54) is 5.39 Å². The quantitative estimate of drug-likeness (QED) is 0.426. The molecular formula is C23H18N2O. The Morgan fingerprint density at radius 2 is 1.54 bits per heavy atom. The number of carbonyl (C=O) groups excluding carboxylic acids is 1. The first kappa shape index (κ1) is 16.0. The zero-order chi connectivity index (χ0) is 17.8. The fourth-order valence-electron chi connectivity index (χ4n) is 3.13. The van der Waals surface area contributed by atoms with E-state index >= 15 is 0 Å². The van der Waals surface area contributed by atoms with E-state index in [9.17, 15) is 4.79 Å². The first-order valence-corrected chi connectivity index (χ1v) is 8.57. The van der Waals surface area contributed by atoms with Crippen LogP contribution in [-0.2, 0) is 11.2 Å². The molecule has 3 nitrogen and oxygen atoms in total. The van der Waals surface area contributed by atoms with Crippen LogP contribution in [0.15, 0.2) is 90.0 Å². The van der Waals surface area contributed by atoms with Gasteiger partial charge in [0.2, 0.25) is 5.91 Å². The third-order valence-electron chi connectivity index (χ3n) is 4.41. The molecule has 0 aromatic heterocycles. The van der Waals surface area contributed by atoms with E-state index in [0.29, 0.717) is 6.42 Å². The van der Waals surface area contributed by atoms with Crippen molar-refractivity contribution in [2.45, 2.75) is 6.42 Å². The van der Waals surface area contributed by atoms with Gasteiger partial charge in [0.25, 0.3) is 0 Å². The lowest BCUT2D eigenvalue weighted by Crippen LogP contribution is -2.19. The summed E-state index contributed by atoms with van der Waals surface area (Å²) in [4.78, 5) is 12.2. The second-order valence-corrected chi connectivity index (χ2v) is 6.21. The lowest BCUT2D eigenvalue weighted by molar-refractivity contribution is -0.120. The van der Waals surface area contributed by atoms with Gasteiger partial charge in [0.05, 0.1) is 12.6 Å². The topological polar surface area (TPSA) is 41.5 Å². The maximum absolute atomic E-state index is 12.2. The first-order valence-electron chi connectivity index (χ1n) is 8.57. The molecule has 0 aliphatic rings. The van der Waals surface area contributed by atoms with E-state index in [4.69, 9.17) is 0 Å². The number of nitrogens with zero attached hydrogens (tertiary/aromatic N) is 1. The summed E-state index contributed by atoms with van der Waals surface area (Å²) in [6, 6.07) is 28.3. The standard InChI is InChI=1S/C23H18N2O/c26-23(15-21-10-5-9-19-7-3-4-11-22(19)21)25-24-16-17-12-13-18-6-1-2-8-20(18)14-17/h1-14,16H,15H2,(H,25,26). The van der Waals surface area contributed by atoms with Crippen LogP contribution >= 0.6 is 0 Å². The average Bonchev–Trinajstić information content (AvgIpc) is 2.68. The summed E-state index contributed by atoms with van der Waals surface area (Å²) in [5.74, 6) is -0.126. The van der Waals surface area contributed by atoms with Crippen molar-refractivity contribution in [1.82, 2.24) is 5.43 Å². The van der Waals surface area contributed by atoms with Gasteiger partial charge in [0.1, 0.15) is 0 Å². The average molecular weight is 338 g/mol. The summed E-state index contributed by atoms with van der Waals surface area (Å²) in [5, 5.41) is 8.67. The van der Waals surface area contributed by atoms with E-state index in [0.717, 1.165) is 27.3 Å². The molecule has 4 aromatic rings. The molecule has 0 heterocycles. The molecule has 0 bridgehead atoms. The minimum Gasteiger partial charge on any atom is -0.273 e. The fourth-order valence-corrected chi connectivity index (χ4v) is 3.13. The van der Waals surface area contributed by atoms with Gasteiger partial charge in [-0.3, -0.25) is 4.79 Å². The van der Waals surface area contributed by atoms with Gasteiger partial charge in [-0.05, 0) is 38.7 Å². The Labute approximate surface area is 152 Å². The number of fused-ring (bicyclic) bond motifs is 2. The SMILES string of the molecule is O=C(Cc1cccc2ccccc12)NN=Cc1ccc2ccccc2c1. The Bertz CT molecular complexity index is 1110. The molecule has 1 N–H and O–H groups in total. The molecule has 0 fully saturated rings. The van der Waals surface area contributed by atoms with Gasteiger partial charge in [-0.2, -0.15) is 5.10 Å². The van der Waals surface area contributed by atoms with Gasteiger partial charge in [0, 0.05) is 0 Å². The second kappa shape index (κ2) is 7.19. The van der Waals surface area contributed by atoms with E-state index in [2.05, 4.69) is 46.9 Å². The normalized spacial score (nSPS) is 11.2. The number of hydrazone groups is 1. The minimum absolute atomic E-state index is 0.126. The lowest BCUT2D eigenvalue weighted by Gasteiger charge is -2.05. The molecule has 3 heteroatoms. The van der Waals surface area contributed by atoms with Gasteiger partial charge in [-0.15, -0.1) is 0 Å². The van der Waals surface area contributed by atoms with E-state index in [-0.39, 0.29) is 5.91 Å². The van der Waals surface area contributed by atoms with Crippen LogP contribution in [0, 0.1) is 0 Å². The summed E-state index contributed by atoms with van der Waals surface area (Å²) < 4.78 is 0. The Hall–Kier alpha value is -3.46. The molecule has 1 amide bonds. The molecule has 0 aliphatic heterocycles. The Morgan fingerprint density at radius 1 is 0.808 bits per heavy atom. The maximum atomic E-state index is 12.2. The highest BCUT2D eigenvalue weighted by Crippen LogP contribution is 2.19. The highest BCUT2D eigenvalue weighted by molar-refractivity contribution is 5.92. The van der Waals surface area contributed by atoms with E-state index < -0.39 is 0 Å². The zero-order valence-electron chi connectivity index (χ0n) is 14.2. The molecule has 0 saturated carbocycles. The van der Waals surface area contributed by atoms with E-state index in [1.54, 1.807) is 6.21 Å². The number of amides is 1. The predicted octanol–water partition coefficient (Wildman–Crippen LogP) is 4.69. The first-order chi connectivity index (χ1) is 12.8. The van der Waals surface area contributed by atoms with Crippen LogP contribution in [-0.4, -0.2) is 12.1 Å². The van der Waals surface area contributed by atoms with Gasteiger partial charge in [-0.1, -0.05) is 78.9 Å². The molecule has 0 saturated heterocycles. The Kier molecular flexibility index (Phi) is 4.44. The summed E-state index contributed by atoms with van der Waals surface area (Å²) >= 11 is 0. The van der Waals surface area contributed by atoms with Crippen LogP contribution in [0.25, 0.3) is 21.5 Å². The van der Waals surface area contributed by atoms with Crippen molar-refractivity contribution >= 4 is 33.7 Å². The molecule has 26 heavy (non-hydrogen) atoms. The number of carbonyl (C=O) groups is 1. The number of nitrogens with one attached hydrogen (secondary N) is 1. The van der Waals surface area contributed by atoms with Gasteiger partial charge in [0.15, 0.2) is 0 Å². The van der Waals surface area contributed by atoms with E-state index in [1.807, 2.05) is 48.5 Å². The molecule has 4 aromatic carbocycles. The number of benzene rings is 4. The third-order valence-corrected chi connectivity index (χ3v) is 4.41. The molecule has 4 rings (SSSR count). The summed E-state index contributed by atoms with van der Waals surface area (Å²) in [6.45, 7) is 0. The van der Waals surface area contributed by atoms with Gasteiger partial charge in [-0.25, -0.2) is 5.43 Å². The van der Waals surface area contributed by atoms with Crippen molar-refractivity contribution in [2.24, 2.45) is 5.10 Å². The largest absolute Gasteiger partial charge is 0.273 e. The van der Waals surface area contributed by atoms with Crippen molar-refractivity contribution in [2.75, 3.05) is 0 Å². The molecule has 0 aliphatic carbocycles. The molecule has 0 atom stereocenters. The van der Waals surface area contributed by atoms with Crippen LogP contribution in [0.2, 0.25) is 0 Å². The Balaban J connectivity index is 1.45. The van der Waals surface area contributed by atoms with Crippen molar-refractivity contribution in [1.29, 1.82) is 0 Å². The lowest BCUT2D eigenvalue weighted by atomic mass is 10.0. The maximum Gasteiger partial charge on any atom is 0.244 e. The van der Waals surface area contributed by atoms with Crippen LogP contribution in [0.3, 0.4) is 0 Å². The second-order valence-electron chi connectivity index (χ2n) is 6.21. The monoisotopic (exact) mass is 338 g/mol. The van der Waals surface area contributed by atoms with Gasteiger partial charge >= 0.3 is 0 Å². The van der Waals surface area contributed by atoms with Crippen molar-refractivity contribution in [3.63, 3.8) is 0 Å². The van der Waals surface area contributed by atoms with Crippen molar-refractivity contribution in [3.8, 4) is 0 Å². The fraction of sp³-hybridized carbons (Fsp3) is 0.0435. The van der Waals surface area contributed by atoms with Crippen LogP contribution in [0.4, 0.5) is 0 Å². The highest BCUT2D eigenvalue weighted by atomic mass is 16.2. The van der Waals surface area contributed by atoms with Crippen molar-refractivity contribution in [3.05, 3.63) is 96.1 Å². The molecule has 126 valence electrons. The van der Waals surface area contributed by atoms with Crippen LogP contribution < -0.4 is 5.43 Å². The third kappa shape index (κ3) is 3.47. The Morgan fingerprint density at radius 3 is 2.42 bits per heavy atom. The summed E-state index contributed by atoms with van der Waals surface area (Å²) in [7, 11) is 0. The number of hydrogen-bond donors (Lipinski definition) is 1. The highest BCUT2D eigenvalue weighted by Gasteiger charge is 2.05. The number of rotatable bonds is 4. The molecular weight excluding hydrogens is 320 g/mol. The molecule has 0 spiro atoms. The summed E-state index contributed by atoms with van der Waals surface area (Å²) in [5.41, 5.74) is 4.58. The van der Waals surface area contributed by atoms with Crippen LogP contribution in [0.1, 0.15) is 11.1 Å². The predicted molar refractivity (Wildman–Crippen MR) is 107 cm³/mol. The summed E-state index contributed by atoms with van der Waals surface area (Å²) in [6.07, 6.45) is 1.98.